The number of methoxy groups -OCH3 is 1. The molecule has 1 aromatic rings. The zero-order valence-corrected chi connectivity index (χ0v) is 9.32. The number of esters is 1. The van der Waals surface area contributed by atoms with E-state index in [0.717, 1.165) is 4.88 Å². The quantitative estimate of drug-likeness (QED) is 0.727. The first kappa shape index (κ1) is 10.7. The topological polar surface area (TPSA) is 73.9 Å². The highest BCUT2D eigenvalue weighted by Gasteiger charge is 2.72. The zero-order chi connectivity index (χ0) is 11.8. The first-order chi connectivity index (χ1) is 7.71. The van der Waals surface area contributed by atoms with Crippen LogP contribution in [0.5, 0.6) is 0 Å². The number of nitriles is 2. The molecule has 4 nitrogen and oxygen atoms in total. The smallest absolute Gasteiger partial charge is 0.312 e. The molecule has 16 heavy (non-hydrogen) atoms. The Balaban J connectivity index is 2.38. The maximum Gasteiger partial charge on any atom is 0.312 e. The van der Waals surface area contributed by atoms with Gasteiger partial charge in [0, 0.05) is 10.8 Å². The second-order valence-electron chi connectivity index (χ2n) is 3.59. The number of thiophene rings is 1. The van der Waals surface area contributed by atoms with Gasteiger partial charge >= 0.3 is 5.97 Å². The molecule has 0 spiro atoms. The van der Waals surface area contributed by atoms with Gasteiger partial charge in [-0.25, -0.2) is 0 Å². The number of nitrogens with zero attached hydrogens (tertiary/aromatic N) is 2. The maximum absolute atomic E-state index is 11.5. The van der Waals surface area contributed by atoms with Crippen molar-refractivity contribution in [1.29, 1.82) is 10.5 Å². The molecule has 0 radical (unpaired) electrons. The lowest BCUT2D eigenvalue weighted by Crippen LogP contribution is -2.09. The summed E-state index contributed by atoms with van der Waals surface area (Å²) in [6, 6.07) is 7.58. The monoisotopic (exact) mass is 232 g/mol. The predicted molar refractivity (Wildman–Crippen MR) is 56.2 cm³/mol. The van der Waals surface area contributed by atoms with Crippen LogP contribution in [0.1, 0.15) is 10.8 Å². The first-order valence-electron chi connectivity index (χ1n) is 4.65. The fourth-order valence-electron chi connectivity index (χ4n) is 2.00. The van der Waals surface area contributed by atoms with Gasteiger partial charge in [0.05, 0.1) is 25.2 Å². The summed E-state index contributed by atoms with van der Waals surface area (Å²) >= 11 is 1.45. The van der Waals surface area contributed by atoms with Crippen molar-refractivity contribution in [3.63, 3.8) is 0 Å². The van der Waals surface area contributed by atoms with Crippen LogP contribution in [0.3, 0.4) is 0 Å². The Labute approximate surface area is 96.7 Å². The molecular formula is C11H8N2O2S. The maximum atomic E-state index is 11.5. The number of carbonyl (C=O) groups is 1. The zero-order valence-electron chi connectivity index (χ0n) is 8.51. The van der Waals surface area contributed by atoms with Crippen molar-refractivity contribution in [2.24, 2.45) is 11.3 Å². The van der Waals surface area contributed by atoms with Crippen molar-refractivity contribution in [3.05, 3.63) is 22.4 Å². The van der Waals surface area contributed by atoms with Crippen molar-refractivity contribution in [1.82, 2.24) is 0 Å². The number of carbonyl (C=O) groups excluding carboxylic acids is 1. The fourth-order valence-corrected chi connectivity index (χ4v) is 2.94. The van der Waals surface area contributed by atoms with Gasteiger partial charge in [-0.05, 0) is 11.4 Å². The van der Waals surface area contributed by atoms with Gasteiger partial charge in [0.2, 0.25) is 0 Å². The molecule has 0 aliphatic heterocycles. The van der Waals surface area contributed by atoms with Gasteiger partial charge in [0.1, 0.15) is 0 Å². The van der Waals surface area contributed by atoms with E-state index in [-0.39, 0.29) is 5.92 Å². The summed E-state index contributed by atoms with van der Waals surface area (Å²) in [6.45, 7) is 0. The average molecular weight is 232 g/mol. The third-order valence-electron chi connectivity index (χ3n) is 2.88. The first-order valence-corrected chi connectivity index (χ1v) is 5.53. The molecule has 80 valence electrons. The summed E-state index contributed by atoms with van der Waals surface area (Å²) < 4.78 is 4.62. The van der Waals surface area contributed by atoms with Crippen LogP contribution in [0.4, 0.5) is 0 Å². The van der Waals surface area contributed by atoms with E-state index in [1.807, 2.05) is 29.7 Å². The number of hydrogen-bond acceptors (Lipinski definition) is 5. The van der Waals surface area contributed by atoms with Crippen LogP contribution in [0.25, 0.3) is 0 Å². The van der Waals surface area contributed by atoms with Gasteiger partial charge in [-0.1, -0.05) is 6.07 Å². The molecule has 2 atom stereocenters. The normalized spacial score (nSPS) is 25.2. The highest BCUT2D eigenvalue weighted by Crippen LogP contribution is 2.65. The van der Waals surface area contributed by atoms with Crippen molar-refractivity contribution >= 4 is 17.3 Å². The van der Waals surface area contributed by atoms with E-state index >= 15 is 0 Å². The Hall–Kier alpha value is -1.85. The van der Waals surface area contributed by atoms with E-state index in [1.54, 1.807) is 0 Å². The summed E-state index contributed by atoms with van der Waals surface area (Å²) in [5.74, 6) is -1.47. The Morgan fingerprint density at radius 3 is 2.69 bits per heavy atom. The minimum atomic E-state index is -1.24. The van der Waals surface area contributed by atoms with E-state index in [4.69, 9.17) is 10.5 Å². The van der Waals surface area contributed by atoms with Crippen LogP contribution in [0.2, 0.25) is 0 Å². The molecular weight excluding hydrogens is 224 g/mol. The van der Waals surface area contributed by atoms with Gasteiger partial charge in [0.25, 0.3) is 0 Å². The molecule has 0 amide bonds. The van der Waals surface area contributed by atoms with Crippen molar-refractivity contribution in [2.45, 2.75) is 5.92 Å². The molecule has 0 bridgehead atoms. The van der Waals surface area contributed by atoms with E-state index < -0.39 is 17.3 Å². The lowest BCUT2D eigenvalue weighted by Gasteiger charge is -1.94. The van der Waals surface area contributed by atoms with Crippen LogP contribution in [-0.2, 0) is 9.53 Å². The third kappa shape index (κ3) is 1.22. The van der Waals surface area contributed by atoms with Crippen molar-refractivity contribution < 1.29 is 9.53 Å². The van der Waals surface area contributed by atoms with Gasteiger partial charge < -0.3 is 4.74 Å². The van der Waals surface area contributed by atoms with Crippen LogP contribution in [-0.4, -0.2) is 13.1 Å². The molecule has 1 aliphatic carbocycles. The minimum absolute atomic E-state index is 0.338. The van der Waals surface area contributed by atoms with Crippen LogP contribution in [0.15, 0.2) is 17.5 Å². The summed E-state index contributed by atoms with van der Waals surface area (Å²) in [5, 5.41) is 20.0. The summed E-state index contributed by atoms with van der Waals surface area (Å²) in [6.07, 6.45) is 0. The largest absolute Gasteiger partial charge is 0.469 e. The fraction of sp³-hybridized carbons (Fsp3) is 0.364. The van der Waals surface area contributed by atoms with Crippen LogP contribution < -0.4 is 0 Å². The molecule has 1 fully saturated rings. The van der Waals surface area contributed by atoms with E-state index in [1.165, 1.54) is 18.4 Å². The molecule has 0 N–H and O–H groups in total. The third-order valence-corrected chi connectivity index (χ3v) is 3.84. The Kier molecular flexibility index (Phi) is 2.41. The molecule has 5 heteroatoms. The summed E-state index contributed by atoms with van der Waals surface area (Å²) in [4.78, 5) is 12.4. The van der Waals surface area contributed by atoms with E-state index in [0.29, 0.717) is 0 Å². The highest BCUT2D eigenvalue weighted by molar-refractivity contribution is 7.10. The minimum Gasteiger partial charge on any atom is -0.469 e. The van der Waals surface area contributed by atoms with Gasteiger partial charge in [-0.15, -0.1) is 11.3 Å². The molecule has 0 saturated heterocycles. The van der Waals surface area contributed by atoms with Crippen LogP contribution in [0, 0.1) is 34.0 Å². The molecule has 2 unspecified atom stereocenters. The Bertz CT molecular complexity index is 481. The molecule has 2 rings (SSSR count). The summed E-state index contributed by atoms with van der Waals surface area (Å²) in [5.41, 5.74) is -1.24. The number of ether oxygens (including phenoxy) is 1. The van der Waals surface area contributed by atoms with E-state index in [9.17, 15) is 4.79 Å². The molecule has 0 aromatic carbocycles. The summed E-state index contributed by atoms with van der Waals surface area (Å²) in [7, 11) is 1.27. The second-order valence-corrected chi connectivity index (χ2v) is 4.57. The van der Waals surface area contributed by atoms with Gasteiger partial charge in [-0.2, -0.15) is 10.5 Å². The molecule has 1 aliphatic rings. The predicted octanol–water partition coefficient (Wildman–Crippen LogP) is 1.67. The Morgan fingerprint density at radius 2 is 2.25 bits per heavy atom. The average Bonchev–Trinajstić information content (AvgIpc) is 2.71. The number of hydrogen-bond donors (Lipinski definition) is 0. The molecule has 1 saturated carbocycles. The Morgan fingerprint density at radius 1 is 1.56 bits per heavy atom. The lowest BCUT2D eigenvalue weighted by atomic mass is 10.1. The molecule has 1 heterocycles. The van der Waals surface area contributed by atoms with Crippen molar-refractivity contribution in [3.8, 4) is 12.1 Å². The van der Waals surface area contributed by atoms with Gasteiger partial charge in [-0.3, -0.25) is 4.79 Å². The molecule has 1 aromatic heterocycles. The number of rotatable bonds is 2. The SMILES string of the molecule is COC(=O)C1C(c2cccs2)C1(C#N)C#N. The standard InChI is InChI=1S/C11H8N2O2S/c1-15-10(14)9-8(7-3-2-4-16-7)11(9,5-12)6-13/h2-4,8-9H,1H3. The van der Waals surface area contributed by atoms with E-state index in [2.05, 4.69) is 4.74 Å². The van der Waals surface area contributed by atoms with Crippen molar-refractivity contribution in [2.75, 3.05) is 7.11 Å². The highest BCUT2D eigenvalue weighted by atomic mass is 32.1. The second kappa shape index (κ2) is 3.62. The van der Waals surface area contributed by atoms with Gasteiger partial charge in [0.15, 0.2) is 5.41 Å². The van der Waals surface area contributed by atoms with Crippen LogP contribution >= 0.6 is 11.3 Å². The lowest BCUT2D eigenvalue weighted by molar-refractivity contribution is -0.142.